The van der Waals surface area contributed by atoms with Gasteiger partial charge in [-0.3, -0.25) is 0 Å². The number of unbranched alkanes of at least 4 members (excludes halogenated alkanes) is 3. The predicted octanol–water partition coefficient (Wildman–Crippen LogP) is 8.03. The lowest BCUT2D eigenvalue weighted by atomic mass is 9.82. The van der Waals surface area contributed by atoms with Crippen LogP contribution >= 0.6 is 11.6 Å². The summed E-state index contributed by atoms with van der Waals surface area (Å²) in [5.74, 6) is -0.0888. The summed E-state index contributed by atoms with van der Waals surface area (Å²) in [6.07, 6.45) is 7.94. The van der Waals surface area contributed by atoms with Crippen LogP contribution < -0.4 is 0 Å². The van der Waals surface area contributed by atoms with Gasteiger partial charge in [0.05, 0.1) is 0 Å². The van der Waals surface area contributed by atoms with Gasteiger partial charge in [-0.1, -0.05) is 80.3 Å². The summed E-state index contributed by atoms with van der Waals surface area (Å²) in [5.41, 5.74) is 7.39. The van der Waals surface area contributed by atoms with E-state index in [0.717, 1.165) is 36.0 Å². The maximum Gasteiger partial charge on any atom is 0.134 e. The Kier molecular flexibility index (Phi) is 5.82. The molecule has 0 fully saturated rings. The first-order valence-corrected chi connectivity index (χ1v) is 10.7. The standard InChI is InChI=1S/C26H26ClF/c1-2-3-4-5-6-18-7-13-22-20(17-18)10-14-25-24(22)16-15-23(26(25)28)19-8-11-21(27)12-9-19/h7-9,11-13,15-17H,2-6,10,14H2,1H3. The molecular weight excluding hydrogens is 367 g/mol. The summed E-state index contributed by atoms with van der Waals surface area (Å²) in [6.45, 7) is 2.24. The molecule has 0 aliphatic heterocycles. The van der Waals surface area contributed by atoms with Crippen molar-refractivity contribution in [3.8, 4) is 22.3 Å². The molecule has 0 unspecified atom stereocenters. The Balaban J connectivity index is 1.63. The summed E-state index contributed by atoms with van der Waals surface area (Å²) in [4.78, 5) is 0. The maximum absolute atomic E-state index is 15.3. The molecule has 0 N–H and O–H groups in total. The second kappa shape index (κ2) is 8.49. The second-order valence-corrected chi connectivity index (χ2v) is 8.20. The number of benzene rings is 3. The Morgan fingerprint density at radius 2 is 1.57 bits per heavy atom. The minimum atomic E-state index is -0.0888. The van der Waals surface area contributed by atoms with Crippen LogP contribution in [-0.2, 0) is 19.3 Å². The molecule has 0 saturated carbocycles. The van der Waals surface area contributed by atoms with E-state index >= 15 is 4.39 Å². The molecule has 0 atom stereocenters. The van der Waals surface area contributed by atoms with Crippen molar-refractivity contribution in [2.24, 2.45) is 0 Å². The van der Waals surface area contributed by atoms with E-state index in [0.29, 0.717) is 10.6 Å². The van der Waals surface area contributed by atoms with Crippen molar-refractivity contribution in [2.45, 2.75) is 51.9 Å². The first-order valence-electron chi connectivity index (χ1n) is 10.4. The Labute approximate surface area is 172 Å². The molecule has 1 aliphatic carbocycles. The summed E-state index contributed by atoms with van der Waals surface area (Å²) >= 11 is 5.98. The summed E-state index contributed by atoms with van der Waals surface area (Å²) in [5, 5.41) is 0.668. The molecule has 0 radical (unpaired) electrons. The Hall–Kier alpha value is -2.12. The molecule has 144 valence electrons. The van der Waals surface area contributed by atoms with Crippen LogP contribution in [0.25, 0.3) is 22.3 Å². The highest BCUT2D eigenvalue weighted by Gasteiger charge is 2.21. The van der Waals surface area contributed by atoms with Crippen LogP contribution in [0.15, 0.2) is 54.6 Å². The van der Waals surface area contributed by atoms with Gasteiger partial charge in [-0.05, 0) is 71.2 Å². The molecule has 4 rings (SSSR count). The highest BCUT2D eigenvalue weighted by Crippen LogP contribution is 2.39. The zero-order valence-electron chi connectivity index (χ0n) is 16.4. The first kappa shape index (κ1) is 19.2. The average Bonchev–Trinajstić information content (AvgIpc) is 2.72. The van der Waals surface area contributed by atoms with E-state index in [9.17, 15) is 0 Å². The third-order valence-electron chi connectivity index (χ3n) is 5.82. The molecule has 28 heavy (non-hydrogen) atoms. The van der Waals surface area contributed by atoms with Gasteiger partial charge in [-0.2, -0.15) is 0 Å². The average molecular weight is 393 g/mol. The highest BCUT2D eigenvalue weighted by molar-refractivity contribution is 6.30. The summed E-state index contributed by atoms with van der Waals surface area (Å²) < 4.78 is 15.3. The van der Waals surface area contributed by atoms with Gasteiger partial charge < -0.3 is 0 Å². The number of hydrogen-bond donors (Lipinski definition) is 0. The fourth-order valence-corrected chi connectivity index (χ4v) is 4.38. The highest BCUT2D eigenvalue weighted by atomic mass is 35.5. The van der Waals surface area contributed by atoms with Crippen LogP contribution in [-0.4, -0.2) is 0 Å². The van der Waals surface area contributed by atoms with Crippen molar-refractivity contribution >= 4 is 11.6 Å². The van der Waals surface area contributed by atoms with Crippen LogP contribution in [0.2, 0.25) is 5.02 Å². The van der Waals surface area contributed by atoms with Gasteiger partial charge in [-0.25, -0.2) is 4.39 Å². The number of aryl methyl sites for hydroxylation is 2. The lowest BCUT2D eigenvalue weighted by Crippen LogP contribution is -2.08. The molecule has 3 aromatic carbocycles. The van der Waals surface area contributed by atoms with E-state index in [-0.39, 0.29) is 5.82 Å². The largest absolute Gasteiger partial charge is 0.206 e. The minimum absolute atomic E-state index is 0.0888. The number of rotatable bonds is 6. The molecule has 0 saturated heterocycles. The van der Waals surface area contributed by atoms with E-state index in [4.69, 9.17) is 11.6 Å². The quantitative estimate of drug-likeness (QED) is 0.372. The summed E-state index contributed by atoms with van der Waals surface area (Å²) in [6, 6.07) is 18.2. The van der Waals surface area contributed by atoms with Gasteiger partial charge in [0, 0.05) is 10.6 Å². The van der Waals surface area contributed by atoms with Gasteiger partial charge in [0.25, 0.3) is 0 Å². The second-order valence-electron chi connectivity index (χ2n) is 7.76. The predicted molar refractivity (Wildman–Crippen MR) is 118 cm³/mol. The van der Waals surface area contributed by atoms with E-state index in [1.807, 2.05) is 30.3 Å². The lowest BCUT2D eigenvalue weighted by Gasteiger charge is -2.22. The van der Waals surface area contributed by atoms with Crippen LogP contribution in [0.3, 0.4) is 0 Å². The zero-order chi connectivity index (χ0) is 19.5. The molecule has 0 aromatic heterocycles. The molecule has 2 heteroatoms. The van der Waals surface area contributed by atoms with Gasteiger partial charge in [0.2, 0.25) is 0 Å². The Bertz CT molecular complexity index is 972. The van der Waals surface area contributed by atoms with Crippen LogP contribution in [0, 0.1) is 5.82 Å². The molecule has 0 heterocycles. The SMILES string of the molecule is CCCCCCc1ccc2c(c1)CCc1c-2ccc(-c2ccc(Cl)cc2)c1F. The van der Waals surface area contributed by atoms with Gasteiger partial charge in [0.1, 0.15) is 5.82 Å². The van der Waals surface area contributed by atoms with Crippen LogP contribution in [0.1, 0.15) is 49.3 Å². The number of halogens is 2. The third-order valence-corrected chi connectivity index (χ3v) is 6.07. The van der Waals surface area contributed by atoms with E-state index < -0.39 is 0 Å². The molecular formula is C26H26ClF. The van der Waals surface area contributed by atoms with Gasteiger partial charge in [0.15, 0.2) is 0 Å². The van der Waals surface area contributed by atoms with Crippen molar-refractivity contribution < 1.29 is 4.39 Å². The molecule has 0 bridgehead atoms. The third kappa shape index (κ3) is 3.86. The van der Waals surface area contributed by atoms with Crippen molar-refractivity contribution in [3.63, 3.8) is 0 Å². The number of fused-ring (bicyclic) bond motifs is 3. The number of hydrogen-bond acceptors (Lipinski definition) is 0. The lowest BCUT2D eigenvalue weighted by molar-refractivity contribution is 0.611. The molecule has 1 aliphatic rings. The van der Waals surface area contributed by atoms with Crippen molar-refractivity contribution in [1.29, 1.82) is 0 Å². The first-order chi connectivity index (χ1) is 13.7. The van der Waals surface area contributed by atoms with Crippen molar-refractivity contribution in [1.82, 2.24) is 0 Å². The monoisotopic (exact) mass is 392 g/mol. The van der Waals surface area contributed by atoms with E-state index in [2.05, 4.69) is 31.2 Å². The van der Waals surface area contributed by atoms with Crippen LogP contribution in [0.4, 0.5) is 4.39 Å². The minimum Gasteiger partial charge on any atom is -0.206 e. The normalized spacial score (nSPS) is 12.5. The molecule has 0 amide bonds. The maximum atomic E-state index is 15.3. The van der Waals surface area contributed by atoms with Crippen LogP contribution in [0.5, 0.6) is 0 Å². The van der Waals surface area contributed by atoms with Crippen molar-refractivity contribution in [2.75, 3.05) is 0 Å². The van der Waals surface area contributed by atoms with E-state index in [1.165, 1.54) is 42.4 Å². The van der Waals surface area contributed by atoms with Gasteiger partial charge >= 0.3 is 0 Å². The summed E-state index contributed by atoms with van der Waals surface area (Å²) in [7, 11) is 0. The molecule has 0 spiro atoms. The van der Waals surface area contributed by atoms with E-state index in [1.54, 1.807) is 0 Å². The fraction of sp³-hybridized carbons (Fsp3) is 0.308. The molecule has 3 aromatic rings. The Morgan fingerprint density at radius 3 is 2.36 bits per heavy atom. The van der Waals surface area contributed by atoms with Crippen molar-refractivity contribution in [3.05, 3.63) is 82.1 Å². The Morgan fingerprint density at radius 1 is 0.821 bits per heavy atom. The fourth-order valence-electron chi connectivity index (χ4n) is 4.26. The molecule has 0 nitrogen and oxygen atoms in total. The smallest absolute Gasteiger partial charge is 0.134 e. The van der Waals surface area contributed by atoms with Gasteiger partial charge in [-0.15, -0.1) is 0 Å². The zero-order valence-corrected chi connectivity index (χ0v) is 17.2. The topological polar surface area (TPSA) is 0 Å².